The van der Waals surface area contributed by atoms with Gasteiger partial charge in [-0.1, -0.05) is 40.4 Å². The van der Waals surface area contributed by atoms with Crippen molar-refractivity contribution in [2.75, 3.05) is 5.32 Å². The first-order chi connectivity index (χ1) is 7.66. The molecule has 0 aromatic heterocycles. The molecule has 4 heteroatoms. The van der Waals surface area contributed by atoms with Crippen molar-refractivity contribution < 1.29 is 5.11 Å². The molecule has 0 amide bonds. The molecule has 0 radical (unpaired) electrons. The van der Waals surface area contributed by atoms with Gasteiger partial charge in [0.25, 0.3) is 0 Å². The lowest BCUT2D eigenvalue weighted by molar-refractivity contribution is 0.116. The molecule has 16 heavy (non-hydrogen) atoms. The van der Waals surface area contributed by atoms with Gasteiger partial charge in [-0.25, -0.2) is 0 Å². The van der Waals surface area contributed by atoms with Crippen LogP contribution in [0.1, 0.15) is 25.7 Å². The number of hydrogen-bond donors (Lipinski definition) is 2. The lowest BCUT2D eigenvalue weighted by Crippen LogP contribution is -2.36. The second-order valence-electron chi connectivity index (χ2n) is 4.23. The van der Waals surface area contributed by atoms with E-state index in [1.54, 1.807) is 0 Å². The number of nitrogens with one attached hydrogen (secondary N) is 1. The van der Waals surface area contributed by atoms with Gasteiger partial charge in [-0.2, -0.15) is 0 Å². The van der Waals surface area contributed by atoms with E-state index >= 15 is 0 Å². The zero-order valence-electron chi connectivity index (χ0n) is 8.92. The van der Waals surface area contributed by atoms with Crippen LogP contribution in [0.15, 0.2) is 22.7 Å². The minimum Gasteiger partial charge on any atom is -0.391 e. The predicted octanol–water partition coefficient (Wildman–Crippen LogP) is 3.82. The van der Waals surface area contributed by atoms with Crippen molar-refractivity contribution in [3.05, 3.63) is 27.7 Å². The molecule has 2 rings (SSSR count). The molecule has 1 aromatic rings. The number of aliphatic hydroxyl groups is 1. The Balaban J connectivity index is 2.07. The second-order valence-corrected chi connectivity index (χ2v) is 5.55. The van der Waals surface area contributed by atoms with E-state index in [0.717, 1.165) is 29.4 Å². The number of rotatable bonds is 2. The van der Waals surface area contributed by atoms with Gasteiger partial charge in [0.15, 0.2) is 0 Å². The fourth-order valence-electron chi connectivity index (χ4n) is 2.09. The average molecular weight is 305 g/mol. The topological polar surface area (TPSA) is 32.3 Å². The molecule has 1 fully saturated rings. The second kappa shape index (κ2) is 5.39. The monoisotopic (exact) mass is 303 g/mol. The molecular formula is C12H15BrClNO. The number of hydrogen-bond acceptors (Lipinski definition) is 2. The standard InChI is InChI=1S/C12H15BrClNO/c13-8-5-6-10(9(14)7-8)15-11-3-1-2-4-12(11)16/h5-7,11-12,15-16H,1-4H2/t11-,12-/m1/s1. The van der Waals surface area contributed by atoms with E-state index in [9.17, 15) is 5.11 Å². The van der Waals surface area contributed by atoms with Crippen molar-refractivity contribution in [1.82, 2.24) is 0 Å². The number of anilines is 1. The molecule has 0 spiro atoms. The summed E-state index contributed by atoms with van der Waals surface area (Å²) in [6, 6.07) is 5.88. The molecule has 0 unspecified atom stereocenters. The van der Waals surface area contributed by atoms with Crippen LogP contribution in [-0.4, -0.2) is 17.3 Å². The summed E-state index contributed by atoms with van der Waals surface area (Å²) < 4.78 is 0.965. The van der Waals surface area contributed by atoms with Gasteiger partial charge in [-0.3, -0.25) is 0 Å². The smallest absolute Gasteiger partial charge is 0.0741 e. The highest BCUT2D eigenvalue weighted by atomic mass is 79.9. The maximum absolute atomic E-state index is 9.86. The van der Waals surface area contributed by atoms with Gasteiger partial charge in [0.2, 0.25) is 0 Å². The molecule has 0 heterocycles. The van der Waals surface area contributed by atoms with Crippen LogP contribution in [0.2, 0.25) is 5.02 Å². The fraction of sp³-hybridized carbons (Fsp3) is 0.500. The van der Waals surface area contributed by atoms with Gasteiger partial charge in [0.1, 0.15) is 0 Å². The third kappa shape index (κ3) is 2.90. The minimum atomic E-state index is -0.256. The maximum Gasteiger partial charge on any atom is 0.0741 e. The predicted molar refractivity (Wildman–Crippen MR) is 71.0 cm³/mol. The van der Waals surface area contributed by atoms with E-state index in [1.807, 2.05) is 18.2 Å². The highest BCUT2D eigenvalue weighted by Crippen LogP contribution is 2.29. The first-order valence-electron chi connectivity index (χ1n) is 5.56. The van der Waals surface area contributed by atoms with Crippen molar-refractivity contribution in [3.63, 3.8) is 0 Å². The Hall–Kier alpha value is -0.250. The summed E-state index contributed by atoms with van der Waals surface area (Å²) in [7, 11) is 0. The summed E-state index contributed by atoms with van der Waals surface area (Å²) in [5, 5.41) is 13.9. The van der Waals surface area contributed by atoms with Crippen molar-refractivity contribution >= 4 is 33.2 Å². The summed E-state index contributed by atoms with van der Waals surface area (Å²) in [5.41, 5.74) is 0.899. The maximum atomic E-state index is 9.86. The van der Waals surface area contributed by atoms with Crippen LogP contribution in [-0.2, 0) is 0 Å². The van der Waals surface area contributed by atoms with E-state index < -0.39 is 0 Å². The summed E-state index contributed by atoms with van der Waals surface area (Å²) in [6.07, 6.45) is 3.92. The van der Waals surface area contributed by atoms with Gasteiger partial charge in [-0.05, 0) is 31.0 Å². The van der Waals surface area contributed by atoms with Crippen molar-refractivity contribution in [1.29, 1.82) is 0 Å². The van der Waals surface area contributed by atoms with Gasteiger partial charge >= 0.3 is 0 Å². The zero-order chi connectivity index (χ0) is 11.5. The molecule has 1 aliphatic carbocycles. The molecular weight excluding hydrogens is 289 g/mol. The molecule has 1 saturated carbocycles. The van der Waals surface area contributed by atoms with Gasteiger partial charge in [-0.15, -0.1) is 0 Å². The van der Waals surface area contributed by atoms with Crippen LogP contribution in [0, 0.1) is 0 Å². The van der Waals surface area contributed by atoms with Crippen LogP contribution in [0.5, 0.6) is 0 Å². The normalized spacial score (nSPS) is 25.4. The third-order valence-corrected chi connectivity index (χ3v) is 3.81. The van der Waals surface area contributed by atoms with Crippen molar-refractivity contribution in [3.8, 4) is 0 Å². The SMILES string of the molecule is O[C@@H]1CCCC[C@H]1Nc1ccc(Br)cc1Cl. The van der Waals surface area contributed by atoms with E-state index in [2.05, 4.69) is 21.2 Å². The van der Waals surface area contributed by atoms with Crippen LogP contribution < -0.4 is 5.32 Å². The summed E-state index contributed by atoms with van der Waals surface area (Å²) in [5.74, 6) is 0. The van der Waals surface area contributed by atoms with Crippen LogP contribution in [0.4, 0.5) is 5.69 Å². The summed E-state index contributed by atoms with van der Waals surface area (Å²) in [4.78, 5) is 0. The lowest BCUT2D eigenvalue weighted by Gasteiger charge is -2.29. The van der Waals surface area contributed by atoms with Crippen molar-refractivity contribution in [2.24, 2.45) is 0 Å². The Morgan fingerprint density at radius 1 is 1.31 bits per heavy atom. The van der Waals surface area contributed by atoms with Crippen LogP contribution in [0.3, 0.4) is 0 Å². The molecule has 0 aliphatic heterocycles. The Bertz CT molecular complexity index is 372. The molecule has 0 bridgehead atoms. The van der Waals surface area contributed by atoms with Gasteiger partial charge in [0.05, 0.1) is 22.9 Å². The molecule has 2 N–H and O–H groups in total. The molecule has 2 nitrogen and oxygen atoms in total. The number of halogens is 2. The van der Waals surface area contributed by atoms with Crippen molar-refractivity contribution in [2.45, 2.75) is 37.8 Å². The zero-order valence-corrected chi connectivity index (χ0v) is 11.3. The number of benzene rings is 1. The van der Waals surface area contributed by atoms with Gasteiger partial charge < -0.3 is 10.4 Å². The molecule has 0 saturated heterocycles. The Morgan fingerprint density at radius 3 is 2.75 bits per heavy atom. The van der Waals surface area contributed by atoms with E-state index in [0.29, 0.717) is 5.02 Å². The van der Waals surface area contributed by atoms with Crippen LogP contribution >= 0.6 is 27.5 Å². The summed E-state index contributed by atoms with van der Waals surface area (Å²) in [6.45, 7) is 0. The quantitative estimate of drug-likeness (QED) is 0.870. The highest BCUT2D eigenvalue weighted by Gasteiger charge is 2.23. The first kappa shape index (κ1) is 12.2. The molecule has 1 aliphatic rings. The Kier molecular flexibility index (Phi) is 4.11. The first-order valence-corrected chi connectivity index (χ1v) is 6.73. The lowest BCUT2D eigenvalue weighted by atomic mass is 9.92. The Morgan fingerprint density at radius 2 is 2.06 bits per heavy atom. The molecule has 2 atom stereocenters. The minimum absolute atomic E-state index is 0.132. The summed E-state index contributed by atoms with van der Waals surface area (Å²) >= 11 is 9.49. The molecule has 88 valence electrons. The van der Waals surface area contributed by atoms with E-state index in [-0.39, 0.29) is 12.1 Å². The highest BCUT2D eigenvalue weighted by molar-refractivity contribution is 9.10. The number of aliphatic hydroxyl groups excluding tert-OH is 1. The third-order valence-electron chi connectivity index (χ3n) is 3.00. The largest absolute Gasteiger partial charge is 0.391 e. The van der Waals surface area contributed by atoms with Gasteiger partial charge in [0, 0.05) is 4.47 Å². The van der Waals surface area contributed by atoms with Crippen LogP contribution in [0.25, 0.3) is 0 Å². The van der Waals surface area contributed by atoms with E-state index in [4.69, 9.17) is 11.6 Å². The average Bonchev–Trinajstić information content (AvgIpc) is 2.25. The Labute approximate surface area is 109 Å². The fourth-order valence-corrected chi connectivity index (χ4v) is 2.81. The van der Waals surface area contributed by atoms with E-state index in [1.165, 1.54) is 6.42 Å². The molecule has 1 aromatic carbocycles.